The van der Waals surface area contributed by atoms with Crippen LogP contribution < -0.4 is 27.0 Å². The Morgan fingerprint density at radius 3 is 2.78 bits per heavy atom. The molecule has 192 valence electrons. The van der Waals surface area contributed by atoms with Crippen LogP contribution in [0.4, 0.5) is 5.69 Å². The van der Waals surface area contributed by atoms with Gasteiger partial charge in [-0.25, -0.2) is 4.99 Å². The van der Waals surface area contributed by atoms with Crippen LogP contribution in [-0.4, -0.2) is 35.3 Å². The first-order valence-corrected chi connectivity index (χ1v) is 13.4. The predicted octanol–water partition coefficient (Wildman–Crippen LogP) is 3.98. The molecule has 1 fully saturated rings. The highest BCUT2D eigenvalue weighted by Gasteiger charge is 2.34. The van der Waals surface area contributed by atoms with Gasteiger partial charge in [0, 0.05) is 41.3 Å². The van der Waals surface area contributed by atoms with Crippen molar-refractivity contribution >= 4 is 40.3 Å². The van der Waals surface area contributed by atoms with E-state index in [1.807, 2.05) is 24.5 Å². The number of aliphatic imine (C=N–C) groups is 1. The molecule has 0 bridgehead atoms. The highest BCUT2D eigenvalue weighted by Crippen LogP contribution is 2.35. The Bertz CT molecular complexity index is 1370. The highest BCUT2D eigenvalue weighted by atomic mass is 35.5. The number of piperidine rings is 1. The zero-order valence-corrected chi connectivity index (χ0v) is 21.9. The summed E-state index contributed by atoms with van der Waals surface area (Å²) in [6.45, 7) is 3.86. The monoisotopic (exact) mass is 536 g/mol. The lowest BCUT2D eigenvalue weighted by Crippen LogP contribution is -2.50. The van der Waals surface area contributed by atoms with Crippen molar-refractivity contribution in [3.8, 4) is 0 Å². The van der Waals surface area contributed by atoms with E-state index in [1.54, 1.807) is 6.07 Å². The maximum absolute atomic E-state index is 6.80. The molecule has 0 aliphatic carbocycles. The van der Waals surface area contributed by atoms with Crippen molar-refractivity contribution in [3.63, 3.8) is 0 Å². The highest BCUT2D eigenvalue weighted by molar-refractivity contribution is 6.42. The van der Waals surface area contributed by atoms with Crippen LogP contribution >= 0.6 is 23.2 Å². The first-order chi connectivity index (χ1) is 18.0. The van der Waals surface area contributed by atoms with E-state index < -0.39 is 5.79 Å². The Morgan fingerprint density at radius 2 is 1.92 bits per heavy atom. The minimum atomic E-state index is -1.30. The fourth-order valence-corrected chi connectivity index (χ4v) is 5.66. The molecular weight excluding hydrogens is 507 g/mol. The molecule has 0 spiro atoms. The van der Waals surface area contributed by atoms with Gasteiger partial charge in [-0.15, -0.1) is 0 Å². The van der Waals surface area contributed by atoms with Gasteiger partial charge in [0.05, 0.1) is 22.3 Å². The third-order valence-electron chi connectivity index (χ3n) is 7.29. The molecule has 3 aliphatic rings. The largest absolute Gasteiger partial charge is 0.351 e. The molecule has 10 heteroatoms. The van der Waals surface area contributed by atoms with Crippen molar-refractivity contribution in [2.75, 3.05) is 25.0 Å². The van der Waals surface area contributed by atoms with Crippen LogP contribution in [0.2, 0.25) is 10.0 Å². The van der Waals surface area contributed by atoms with Gasteiger partial charge in [-0.2, -0.15) is 5.10 Å². The zero-order valence-electron chi connectivity index (χ0n) is 20.4. The molecule has 2 aromatic carbocycles. The van der Waals surface area contributed by atoms with E-state index in [2.05, 4.69) is 50.3 Å². The van der Waals surface area contributed by atoms with Crippen LogP contribution in [0.15, 0.2) is 60.0 Å². The van der Waals surface area contributed by atoms with Crippen LogP contribution in [0.1, 0.15) is 41.1 Å². The molecule has 8 nitrogen and oxygen atoms in total. The average Bonchev–Trinajstić information content (AvgIpc) is 3.41. The van der Waals surface area contributed by atoms with Gasteiger partial charge >= 0.3 is 0 Å². The molecule has 3 aliphatic heterocycles. The molecule has 6 rings (SSSR count). The van der Waals surface area contributed by atoms with Crippen molar-refractivity contribution in [2.24, 2.45) is 10.7 Å². The number of anilines is 1. The number of aromatic nitrogens is 2. The fourth-order valence-electron chi connectivity index (χ4n) is 5.21. The number of hydrogen-bond acceptors (Lipinski definition) is 7. The lowest BCUT2D eigenvalue weighted by molar-refractivity contribution is 0.343. The van der Waals surface area contributed by atoms with Gasteiger partial charge in [-0.3, -0.25) is 10.4 Å². The van der Waals surface area contributed by atoms with Crippen molar-refractivity contribution in [3.05, 3.63) is 87.3 Å². The summed E-state index contributed by atoms with van der Waals surface area (Å²) >= 11 is 12.9. The molecule has 1 aromatic heterocycles. The van der Waals surface area contributed by atoms with Gasteiger partial charge < -0.3 is 21.3 Å². The van der Waals surface area contributed by atoms with E-state index in [9.17, 15) is 0 Å². The molecule has 0 radical (unpaired) electrons. The standard InChI is InChI=1S/C27H30Cl2N8/c28-24-3-1-2-23(25(24)29)27(30)33-15-22(19-14-34-37(16-19)21-7-10-31-11-8-21)26(36-27)35-20-5-4-17-6-9-32-13-18(17)12-20/h1-5,12,14-16,21,31-33H,6-11,13,30H2,(H,35,36). The third kappa shape index (κ3) is 4.87. The summed E-state index contributed by atoms with van der Waals surface area (Å²) in [5.74, 6) is -0.667. The second kappa shape index (κ2) is 10.1. The topological polar surface area (TPSA) is 104 Å². The van der Waals surface area contributed by atoms with Crippen LogP contribution in [-0.2, 0) is 18.8 Å². The molecule has 1 unspecified atom stereocenters. The van der Waals surface area contributed by atoms with E-state index >= 15 is 0 Å². The van der Waals surface area contributed by atoms with E-state index in [0.717, 1.165) is 62.3 Å². The zero-order chi connectivity index (χ0) is 25.4. The van der Waals surface area contributed by atoms with Crippen LogP contribution in [0, 0.1) is 0 Å². The smallest absolute Gasteiger partial charge is 0.212 e. The molecule has 4 heterocycles. The van der Waals surface area contributed by atoms with Gasteiger partial charge in [0.2, 0.25) is 5.79 Å². The number of rotatable bonds is 4. The molecule has 0 saturated carbocycles. The summed E-state index contributed by atoms with van der Waals surface area (Å²) in [5.41, 5.74) is 12.8. The van der Waals surface area contributed by atoms with Gasteiger partial charge in [0.25, 0.3) is 0 Å². The quantitative estimate of drug-likeness (QED) is 0.345. The molecule has 1 atom stereocenters. The Kier molecular flexibility index (Phi) is 6.69. The lowest BCUT2D eigenvalue weighted by Gasteiger charge is -2.33. The summed E-state index contributed by atoms with van der Waals surface area (Å²) in [4.78, 5) is 4.97. The molecule has 37 heavy (non-hydrogen) atoms. The minimum Gasteiger partial charge on any atom is -0.351 e. The Labute approximate surface area is 226 Å². The number of amidine groups is 1. The number of fused-ring (bicyclic) bond motifs is 1. The van der Waals surface area contributed by atoms with Gasteiger partial charge in [0.1, 0.15) is 5.84 Å². The van der Waals surface area contributed by atoms with Crippen molar-refractivity contribution in [2.45, 2.75) is 37.6 Å². The first-order valence-electron chi connectivity index (χ1n) is 12.7. The predicted molar refractivity (Wildman–Crippen MR) is 150 cm³/mol. The molecule has 3 aromatic rings. The van der Waals surface area contributed by atoms with Crippen molar-refractivity contribution in [1.29, 1.82) is 0 Å². The SMILES string of the molecule is NC1(c2cccc(Cl)c2Cl)N=C(Nc2ccc3c(c2)CNCC3)C(c2cnn(C3CCNCC3)c2)=CN1. The normalized spacial score (nSPS) is 22.0. The second-order valence-corrected chi connectivity index (χ2v) is 10.5. The van der Waals surface area contributed by atoms with Crippen LogP contribution in [0.3, 0.4) is 0 Å². The summed E-state index contributed by atoms with van der Waals surface area (Å²) < 4.78 is 2.07. The summed E-state index contributed by atoms with van der Waals surface area (Å²) in [5, 5.41) is 19.2. The average molecular weight is 537 g/mol. The van der Waals surface area contributed by atoms with Crippen molar-refractivity contribution < 1.29 is 0 Å². The number of benzene rings is 2. The molecule has 1 saturated heterocycles. The van der Waals surface area contributed by atoms with Gasteiger partial charge in [-0.1, -0.05) is 41.4 Å². The Hall–Kier alpha value is -2.88. The Balaban J connectivity index is 1.37. The maximum atomic E-state index is 6.80. The molecule has 0 amide bonds. The third-order valence-corrected chi connectivity index (χ3v) is 8.11. The summed E-state index contributed by atoms with van der Waals surface area (Å²) in [7, 11) is 0. The van der Waals surface area contributed by atoms with E-state index in [4.69, 9.17) is 39.0 Å². The first kappa shape index (κ1) is 24.5. The number of nitrogens with zero attached hydrogens (tertiary/aromatic N) is 3. The minimum absolute atomic E-state index is 0.373. The van der Waals surface area contributed by atoms with Crippen molar-refractivity contribution in [1.82, 2.24) is 25.7 Å². The molecule has 6 N–H and O–H groups in total. The summed E-state index contributed by atoms with van der Waals surface area (Å²) in [6, 6.07) is 12.2. The number of hydrogen-bond donors (Lipinski definition) is 5. The summed E-state index contributed by atoms with van der Waals surface area (Å²) in [6.07, 6.45) is 9.00. The van der Waals surface area contributed by atoms with E-state index in [0.29, 0.717) is 27.5 Å². The van der Waals surface area contributed by atoms with E-state index in [1.165, 1.54) is 11.1 Å². The number of nitrogens with one attached hydrogen (secondary N) is 4. The van der Waals surface area contributed by atoms with Crippen LogP contribution in [0.25, 0.3) is 5.57 Å². The second-order valence-electron chi connectivity index (χ2n) is 9.76. The lowest BCUT2D eigenvalue weighted by atomic mass is 10.00. The fraction of sp³-hybridized carbons (Fsp3) is 0.333. The molecular formula is C27H30Cl2N8. The van der Waals surface area contributed by atoms with Crippen LogP contribution in [0.5, 0.6) is 0 Å². The number of nitrogens with two attached hydrogens (primary N) is 1. The van der Waals surface area contributed by atoms with Gasteiger partial charge in [-0.05, 0) is 68.2 Å². The van der Waals surface area contributed by atoms with Gasteiger partial charge in [0.15, 0.2) is 0 Å². The van der Waals surface area contributed by atoms with E-state index in [-0.39, 0.29) is 0 Å². The number of halogens is 2. The Morgan fingerprint density at radius 1 is 1.05 bits per heavy atom. The maximum Gasteiger partial charge on any atom is 0.212 e.